The van der Waals surface area contributed by atoms with Crippen LogP contribution in [-0.2, 0) is 34.0 Å². The van der Waals surface area contributed by atoms with Gasteiger partial charge >= 0.3 is 11.9 Å². The van der Waals surface area contributed by atoms with Crippen LogP contribution in [0.4, 0.5) is 0 Å². The van der Waals surface area contributed by atoms with Gasteiger partial charge in [0.15, 0.2) is 0 Å². The van der Waals surface area contributed by atoms with Crippen LogP contribution in [0.2, 0.25) is 0 Å². The lowest BCUT2D eigenvalue weighted by Crippen LogP contribution is -2.42. The summed E-state index contributed by atoms with van der Waals surface area (Å²) in [6.07, 6.45) is 1.10. The topological polar surface area (TPSA) is 124 Å². The third kappa shape index (κ3) is 3.10. The van der Waals surface area contributed by atoms with Gasteiger partial charge in [-0.15, -0.1) is 0 Å². The lowest BCUT2D eigenvalue weighted by atomic mass is 9.77. The molecule has 0 aromatic heterocycles. The van der Waals surface area contributed by atoms with Gasteiger partial charge in [-0.2, -0.15) is 8.42 Å². The molecule has 0 amide bonds. The van der Waals surface area contributed by atoms with Gasteiger partial charge in [0, 0.05) is 23.8 Å². The molecule has 2 bridgehead atoms. The van der Waals surface area contributed by atoms with Crippen LogP contribution in [0.15, 0.2) is 12.2 Å². The van der Waals surface area contributed by atoms with Gasteiger partial charge in [-0.05, 0) is 25.7 Å². The molecule has 138 valence electrons. The normalized spacial score (nSPS) is 35.7. The van der Waals surface area contributed by atoms with E-state index in [1.807, 2.05) is 0 Å². The Hall–Kier alpha value is -1.74. The number of Topliss-reactive ketones (excluding diaryl/α,β-unsaturated/α-hetero) is 1. The number of carbonyl (C=O) groups excluding carboxylic acids is 3. The molecule has 0 saturated heterocycles. The molecule has 3 saturated carbocycles. The average Bonchev–Trinajstić information content (AvgIpc) is 3.04. The van der Waals surface area contributed by atoms with Crippen molar-refractivity contribution < 1.29 is 36.8 Å². The molecule has 8 nitrogen and oxygen atoms in total. The first-order valence-electron chi connectivity index (χ1n) is 8.07. The minimum atomic E-state index is -4.22. The fraction of sp³-hybridized carbons (Fsp3) is 0.688. The van der Waals surface area contributed by atoms with Crippen LogP contribution in [0.3, 0.4) is 0 Å². The van der Waals surface area contributed by atoms with Crippen molar-refractivity contribution in [1.29, 1.82) is 0 Å². The zero-order valence-corrected chi connectivity index (χ0v) is 14.6. The van der Waals surface area contributed by atoms with E-state index in [4.69, 9.17) is 14.0 Å². The molecular formula is C16H20O8S. The van der Waals surface area contributed by atoms with Crippen LogP contribution in [0.5, 0.6) is 0 Å². The second kappa shape index (κ2) is 5.91. The molecule has 0 radical (unpaired) electrons. The van der Waals surface area contributed by atoms with Gasteiger partial charge in [0.2, 0.25) is 0 Å². The molecule has 1 N–H and O–H groups in total. The molecule has 0 heterocycles. The third-order valence-electron chi connectivity index (χ3n) is 5.52. The highest BCUT2D eigenvalue weighted by Crippen LogP contribution is 2.64. The lowest BCUT2D eigenvalue weighted by Gasteiger charge is -2.34. The van der Waals surface area contributed by atoms with Gasteiger partial charge in [0.25, 0.3) is 10.1 Å². The van der Waals surface area contributed by atoms with E-state index in [0.717, 1.165) is 0 Å². The number of rotatable bonds is 6. The Balaban J connectivity index is 1.70. The second-order valence-corrected chi connectivity index (χ2v) is 8.76. The molecule has 3 rings (SSSR count). The van der Waals surface area contributed by atoms with Gasteiger partial charge < -0.3 is 9.47 Å². The van der Waals surface area contributed by atoms with Gasteiger partial charge in [0.05, 0.1) is 5.92 Å². The van der Waals surface area contributed by atoms with Crippen molar-refractivity contribution in [3.63, 3.8) is 0 Å². The standard InChI is InChI=1S/C16H20O8S/c1-8(2)14(18)24-16-6-9-5-10(16)13(11(17)7-16)12(9)15(19)23-3-4-25(20,21)22/h9-10,12-13H,1,3-7H2,2H3,(H,20,21,22). The summed E-state index contributed by atoms with van der Waals surface area (Å²) in [5.41, 5.74) is -0.595. The zero-order chi connectivity index (χ0) is 18.6. The molecule has 0 aromatic rings. The summed E-state index contributed by atoms with van der Waals surface area (Å²) in [5.74, 6) is -3.53. The third-order valence-corrected chi connectivity index (χ3v) is 6.20. The number of hydrogen-bond donors (Lipinski definition) is 1. The molecule has 0 spiro atoms. The molecule has 3 aliphatic rings. The van der Waals surface area contributed by atoms with Crippen LogP contribution in [-0.4, -0.2) is 48.7 Å². The fourth-order valence-electron chi connectivity index (χ4n) is 4.66. The molecule has 3 fully saturated rings. The van der Waals surface area contributed by atoms with E-state index in [-0.39, 0.29) is 29.6 Å². The molecule has 5 unspecified atom stereocenters. The molecule has 25 heavy (non-hydrogen) atoms. The summed E-state index contributed by atoms with van der Waals surface area (Å²) in [7, 11) is -4.22. The summed E-state index contributed by atoms with van der Waals surface area (Å²) in [6, 6.07) is 0. The highest BCUT2D eigenvalue weighted by Gasteiger charge is 2.71. The highest BCUT2D eigenvalue weighted by atomic mass is 32.2. The first-order chi connectivity index (χ1) is 11.5. The Morgan fingerprint density at radius 3 is 2.68 bits per heavy atom. The summed E-state index contributed by atoms with van der Waals surface area (Å²) >= 11 is 0. The van der Waals surface area contributed by atoms with Gasteiger partial charge in [-0.1, -0.05) is 6.58 Å². The van der Waals surface area contributed by atoms with Crippen molar-refractivity contribution in [2.45, 2.75) is 31.8 Å². The number of ether oxygens (including phenoxy) is 2. The van der Waals surface area contributed by atoms with Gasteiger partial charge in [-0.3, -0.25) is 14.1 Å². The Bertz CT molecular complexity index is 754. The van der Waals surface area contributed by atoms with Crippen molar-refractivity contribution in [3.05, 3.63) is 12.2 Å². The molecule has 3 aliphatic carbocycles. The molecule has 5 atom stereocenters. The lowest BCUT2D eigenvalue weighted by molar-refractivity contribution is -0.163. The number of fused-ring (bicyclic) bond motifs is 1. The highest BCUT2D eigenvalue weighted by molar-refractivity contribution is 7.85. The molecule has 0 aliphatic heterocycles. The van der Waals surface area contributed by atoms with Gasteiger partial charge in [0.1, 0.15) is 23.7 Å². The monoisotopic (exact) mass is 372 g/mol. The van der Waals surface area contributed by atoms with Crippen molar-refractivity contribution in [3.8, 4) is 0 Å². The van der Waals surface area contributed by atoms with E-state index in [9.17, 15) is 22.8 Å². The van der Waals surface area contributed by atoms with Crippen LogP contribution in [0.25, 0.3) is 0 Å². The zero-order valence-electron chi connectivity index (χ0n) is 13.8. The maximum atomic E-state index is 12.4. The first-order valence-corrected chi connectivity index (χ1v) is 9.68. The molecule has 9 heteroatoms. The van der Waals surface area contributed by atoms with E-state index >= 15 is 0 Å². The van der Waals surface area contributed by atoms with Crippen LogP contribution in [0, 0.1) is 23.7 Å². The second-order valence-electron chi connectivity index (χ2n) is 7.19. The molecule has 0 aromatic carbocycles. The Morgan fingerprint density at radius 2 is 2.08 bits per heavy atom. The summed E-state index contributed by atoms with van der Waals surface area (Å²) in [4.78, 5) is 36.7. The maximum absolute atomic E-state index is 12.4. The Kier molecular flexibility index (Phi) is 4.27. The Morgan fingerprint density at radius 1 is 1.40 bits per heavy atom. The van der Waals surface area contributed by atoms with E-state index in [1.54, 1.807) is 0 Å². The van der Waals surface area contributed by atoms with Crippen molar-refractivity contribution in [2.24, 2.45) is 23.7 Å². The maximum Gasteiger partial charge on any atom is 0.333 e. The van der Waals surface area contributed by atoms with E-state index in [2.05, 4.69) is 6.58 Å². The fourth-order valence-corrected chi connectivity index (χ4v) is 4.95. The minimum absolute atomic E-state index is 0.0899. The Labute approximate surface area is 145 Å². The van der Waals surface area contributed by atoms with Crippen LogP contribution >= 0.6 is 0 Å². The van der Waals surface area contributed by atoms with Crippen LogP contribution in [0.1, 0.15) is 26.2 Å². The summed E-state index contributed by atoms with van der Waals surface area (Å²) in [5, 5.41) is 0. The van der Waals surface area contributed by atoms with E-state index < -0.39 is 51.9 Å². The average molecular weight is 372 g/mol. The largest absolute Gasteiger partial charge is 0.464 e. The predicted molar refractivity (Wildman–Crippen MR) is 83.8 cm³/mol. The van der Waals surface area contributed by atoms with Gasteiger partial charge in [-0.25, -0.2) is 4.79 Å². The van der Waals surface area contributed by atoms with E-state index in [1.165, 1.54) is 6.92 Å². The number of hydrogen-bond acceptors (Lipinski definition) is 7. The quantitative estimate of drug-likeness (QED) is 0.406. The first kappa shape index (κ1) is 18.1. The summed E-state index contributed by atoms with van der Waals surface area (Å²) in [6.45, 7) is 4.63. The number of carbonyl (C=O) groups is 3. The summed E-state index contributed by atoms with van der Waals surface area (Å²) < 4.78 is 40.6. The number of ketones is 1. The van der Waals surface area contributed by atoms with Crippen molar-refractivity contribution in [1.82, 2.24) is 0 Å². The van der Waals surface area contributed by atoms with Crippen LogP contribution < -0.4 is 0 Å². The predicted octanol–water partition coefficient (Wildman–Crippen LogP) is 0.520. The smallest absolute Gasteiger partial charge is 0.333 e. The van der Waals surface area contributed by atoms with Crippen molar-refractivity contribution >= 4 is 27.8 Å². The molecular weight excluding hydrogens is 352 g/mol. The van der Waals surface area contributed by atoms with Crippen molar-refractivity contribution in [2.75, 3.05) is 12.4 Å². The number of esters is 2. The SMILES string of the molecule is C=C(C)C(=O)OC12CC(=O)C3C(C(=O)OCCS(=O)(=O)O)C(CC31)C2. The van der Waals surface area contributed by atoms with E-state index in [0.29, 0.717) is 12.8 Å². The minimum Gasteiger partial charge on any atom is -0.464 e.